The molecule has 0 saturated heterocycles. The predicted octanol–water partition coefficient (Wildman–Crippen LogP) is 5.35. The van der Waals surface area contributed by atoms with Crippen molar-refractivity contribution >= 4 is 56.7 Å². The number of para-hydroxylation sites is 1. The maximum Gasteiger partial charge on any atom is 0.140 e. The highest BCUT2D eigenvalue weighted by Crippen LogP contribution is 2.33. The van der Waals surface area contributed by atoms with Gasteiger partial charge in [-0.3, -0.25) is 0 Å². The Hall–Kier alpha value is -3.52. The van der Waals surface area contributed by atoms with E-state index in [1.54, 1.807) is 0 Å². The highest BCUT2D eigenvalue weighted by atomic mass is 15.0. The lowest BCUT2D eigenvalue weighted by Gasteiger charge is -2.11. The van der Waals surface area contributed by atoms with Crippen LogP contribution >= 0.6 is 0 Å². The molecule has 0 fully saturated rings. The molecular weight excluding hydrogens is 337 g/mol. The molecular formula is C26H18BN. The Morgan fingerprint density at radius 3 is 2.11 bits per heavy atom. The van der Waals surface area contributed by atoms with Crippen molar-refractivity contribution in [3.63, 3.8) is 0 Å². The van der Waals surface area contributed by atoms with Gasteiger partial charge in [0.2, 0.25) is 0 Å². The second-order valence-electron chi connectivity index (χ2n) is 7.51. The van der Waals surface area contributed by atoms with Crippen molar-refractivity contribution in [3.8, 4) is 5.69 Å². The van der Waals surface area contributed by atoms with E-state index < -0.39 is 0 Å². The van der Waals surface area contributed by atoms with Crippen LogP contribution in [0.3, 0.4) is 0 Å². The van der Waals surface area contributed by atoms with Crippen LogP contribution < -0.4 is 5.46 Å². The maximum absolute atomic E-state index is 2.40. The zero-order valence-electron chi connectivity index (χ0n) is 15.7. The molecule has 1 heterocycles. The van der Waals surface area contributed by atoms with Crippen LogP contribution in [-0.2, 0) is 0 Å². The number of rotatable bonds is 1. The second-order valence-corrected chi connectivity index (χ2v) is 7.51. The Morgan fingerprint density at radius 1 is 0.536 bits per heavy atom. The lowest BCUT2D eigenvalue weighted by Crippen LogP contribution is -2.02. The lowest BCUT2D eigenvalue weighted by molar-refractivity contribution is 1.19. The molecule has 0 radical (unpaired) electrons. The van der Waals surface area contributed by atoms with Crippen LogP contribution in [0.5, 0.6) is 0 Å². The van der Waals surface area contributed by atoms with Crippen LogP contribution in [0.2, 0.25) is 0 Å². The Bertz CT molecular complexity index is 1520. The van der Waals surface area contributed by atoms with Gasteiger partial charge in [0.1, 0.15) is 7.85 Å². The van der Waals surface area contributed by atoms with E-state index in [-0.39, 0.29) is 0 Å². The average Bonchev–Trinajstić information content (AvgIpc) is 3.09. The summed E-state index contributed by atoms with van der Waals surface area (Å²) in [6.45, 7) is 0. The molecule has 28 heavy (non-hydrogen) atoms. The minimum atomic E-state index is 1.21. The summed E-state index contributed by atoms with van der Waals surface area (Å²) in [7, 11) is 2.20. The zero-order chi connectivity index (χ0) is 18.7. The monoisotopic (exact) mass is 355 g/mol. The summed E-state index contributed by atoms with van der Waals surface area (Å²) >= 11 is 0. The fraction of sp³-hybridized carbons (Fsp3) is 0. The van der Waals surface area contributed by atoms with Crippen molar-refractivity contribution in [1.82, 2.24) is 4.57 Å². The van der Waals surface area contributed by atoms with E-state index in [4.69, 9.17) is 0 Å². The summed E-state index contributed by atoms with van der Waals surface area (Å²) in [4.78, 5) is 0. The summed E-state index contributed by atoms with van der Waals surface area (Å²) in [5.74, 6) is 0. The second kappa shape index (κ2) is 5.74. The molecule has 0 N–H and O–H groups in total. The Morgan fingerprint density at radius 2 is 1.21 bits per heavy atom. The van der Waals surface area contributed by atoms with Crippen molar-refractivity contribution in [1.29, 1.82) is 0 Å². The van der Waals surface area contributed by atoms with Gasteiger partial charge < -0.3 is 4.57 Å². The summed E-state index contributed by atoms with van der Waals surface area (Å²) in [6.07, 6.45) is 0. The van der Waals surface area contributed by atoms with E-state index in [1.165, 1.54) is 54.5 Å². The molecule has 0 aliphatic heterocycles. The van der Waals surface area contributed by atoms with Gasteiger partial charge in [-0.15, -0.1) is 0 Å². The van der Waals surface area contributed by atoms with E-state index in [2.05, 4.69) is 109 Å². The van der Waals surface area contributed by atoms with Crippen molar-refractivity contribution in [2.75, 3.05) is 0 Å². The smallest absolute Gasteiger partial charge is 0.140 e. The van der Waals surface area contributed by atoms with Crippen LogP contribution in [0.25, 0.3) is 49.0 Å². The van der Waals surface area contributed by atoms with E-state index in [0.29, 0.717) is 0 Å². The molecule has 0 amide bonds. The molecule has 6 aromatic rings. The normalized spacial score (nSPS) is 11.7. The minimum absolute atomic E-state index is 1.21. The predicted molar refractivity (Wildman–Crippen MR) is 124 cm³/mol. The van der Waals surface area contributed by atoms with Gasteiger partial charge in [0.25, 0.3) is 0 Å². The average molecular weight is 355 g/mol. The number of benzene rings is 5. The molecule has 0 unspecified atom stereocenters. The molecule has 0 saturated carbocycles. The first-order valence-corrected chi connectivity index (χ1v) is 9.72. The van der Waals surface area contributed by atoms with Gasteiger partial charge in [-0.25, -0.2) is 0 Å². The van der Waals surface area contributed by atoms with Crippen LogP contribution in [0.1, 0.15) is 0 Å². The van der Waals surface area contributed by atoms with Gasteiger partial charge in [-0.05, 0) is 45.8 Å². The van der Waals surface area contributed by atoms with Crippen molar-refractivity contribution < 1.29 is 0 Å². The van der Waals surface area contributed by atoms with Crippen molar-refractivity contribution in [2.24, 2.45) is 0 Å². The highest BCUT2D eigenvalue weighted by molar-refractivity contribution is 6.41. The molecule has 6 rings (SSSR count). The van der Waals surface area contributed by atoms with Crippen LogP contribution in [-0.4, -0.2) is 12.4 Å². The van der Waals surface area contributed by atoms with Gasteiger partial charge in [0.05, 0.1) is 11.0 Å². The Labute approximate surface area is 164 Å². The Balaban J connectivity index is 1.77. The molecule has 2 heteroatoms. The lowest BCUT2D eigenvalue weighted by atomic mass is 9.91. The molecule has 0 atom stereocenters. The van der Waals surface area contributed by atoms with E-state index in [1.807, 2.05) is 0 Å². The maximum atomic E-state index is 2.40. The summed E-state index contributed by atoms with van der Waals surface area (Å²) in [5, 5.41) is 7.82. The molecule has 130 valence electrons. The molecule has 1 nitrogen and oxygen atoms in total. The minimum Gasteiger partial charge on any atom is -0.309 e. The zero-order valence-corrected chi connectivity index (χ0v) is 15.7. The number of nitrogens with zero attached hydrogens (tertiary/aromatic N) is 1. The molecule has 1 aromatic heterocycles. The first kappa shape index (κ1) is 15.5. The molecule has 0 aliphatic carbocycles. The SMILES string of the molecule is Bc1cccc2c1c1ccccc1n2-c1ccc2ccc3ccccc3c2c1. The van der Waals surface area contributed by atoms with Crippen molar-refractivity contribution in [2.45, 2.75) is 0 Å². The molecule has 0 bridgehead atoms. The largest absolute Gasteiger partial charge is 0.309 e. The van der Waals surface area contributed by atoms with Gasteiger partial charge in [-0.1, -0.05) is 78.3 Å². The quantitative estimate of drug-likeness (QED) is 0.277. The number of hydrogen-bond acceptors (Lipinski definition) is 0. The van der Waals surface area contributed by atoms with Crippen LogP contribution in [0.4, 0.5) is 0 Å². The van der Waals surface area contributed by atoms with Crippen LogP contribution in [0.15, 0.2) is 97.1 Å². The number of hydrogen-bond donors (Lipinski definition) is 0. The summed E-state index contributed by atoms with van der Waals surface area (Å²) in [5.41, 5.74) is 5.05. The third-order valence-electron chi connectivity index (χ3n) is 5.89. The fourth-order valence-corrected chi connectivity index (χ4v) is 4.61. The summed E-state index contributed by atoms with van der Waals surface area (Å²) in [6, 6.07) is 35.2. The summed E-state index contributed by atoms with van der Waals surface area (Å²) < 4.78 is 2.40. The standard InChI is InChI=1S/C26H18BN/c27-23-9-5-11-25-26(23)21-8-3-4-10-24(21)28(25)19-15-14-18-13-12-17-6-1-2-7-20(17)22(18)16-19/h1-16H,27H2. The molecule has 0 spiro atoms. The topological polar surface area (TPSA) is 4.93 Å². The fourth-order valence-electron chi connectivity index (χ4n) is 4.61. The van der Waals surface area contributed by atoms with Crippen LogP contribution in [0, 0.1) is 0 Å². The highest BCUT2D eigenvalue weighted by Gasteiger charge is 2.13. The van der Waals surface area contributed by atoms with Gasteiger partial charge in [0.15, 0.2) is 0 Å². The van der Waals surface area contributed by atoms with Gasteiger partial charge in [0, 0.05) is 16.5 Å². The van der Waals surface area contributed by atoms with Gasteiger partial charge >= 0.3 is 0 Å². The number of fused-ring (bicyclic) bond motifs is 6. The van der Waals surface area contributed by atoms with E-state index in [0.717, 1.165) is 0 Å². The van der Waals surface area contributed by atoms with E-state index in [9.17, 15) is 0 Å². The van der Waals surface area contributed by atoms with Crippen molar-refractivity contribution in [3.05, 3.63) is 97.1 Å². The third kappa shape index (κ3) is 2.09. The Kier molecular flexibility index (Phi) is 3.18. The first-order chi connectivity index (χ1) is 13.8. The number of aromatic nitrogens is 1. The molecule has 0 aliphatic rings. The molecule has 5 aromatic carbocycles. The first-order valence-electron chi connectivity index (χ1n) is 9.72. The van der Waals surface area contributed by atoms with Gasteiger partial charge in [-0.2, -0.15) is 0 Å². The van der Waals surface area contributed by atoms with E-state index >= 15 is 0 Å². The third-order valence-corrected chi connectivity index (χ3v) is 5.89.